The normalized spacial score (nSPS) is 10.7. The van der Waals surface area contributed by atoms with E-state index < -0.39 is 15.9 Å². The first kappa shape index (κ1) is 20.9. The summed E-state index contributed by atoms with van der Waals surface area (Å²) in [6.45, 7) is 3.83. The Bertz CT molecular complexity index is 1150. The van der Waals surface area contributed by atoms with Crippen molar-refractivity contribution in [2.75, 3.05) is 11.8 Å². The summed E-state index contributed by atoms with van der Waals surface area (Å²) in [5.74, 6) is 0.0959. The molecule has 1 heterocycles. The molecule has 0 saturated carbocycles. The smallest absolute Gasteiger partial charge is 0.269 e. The molecule has 3 rings (SSSR count). The lowest BCUT2D eigenvalue weighted by atomic mass is 10.2. The Balaban J connectivity index is 1.69. The van der Waals surface area contributed by atoms with E-state index in [-0.39, 0.29) is 10.5 Å². The van der Waals surface area contributed by atoms with Crippen molar-refractivity contribution in [1.82, 2.24) is 15.8 Å². The molecule has 0 aliphatic rings. The maximum atomic E-state index is 12.7. The van der Waals surface area contributed by atoms with Gasteiger partial charge in [0.25, 0.3) is 15.9 Å². The largest absolute Gasteiger partial charge is 0.497 e. The third-order valence-corrected chi connectivity index (χ3v) is 5.46. The Morgan fingerprint density at radius 2 is 1.73 bits per heavy atom. The lowest BCUT2D eigenvalue weighted by molar-refractivity contribution is 0.0942. The molecule has 8 nitrogen and oxygen atoms in total. The van der Waals surface area contributed by atoms with Gasteiger partial charge in [-0.15, -0.1) is 0 Å². The second-order valence-corrected chi connectivity index (χ2v) is 7.84. The van der Waals surface area contributed by atoms with E-state index in [0.717, 1.165) is 0 Å². The molecule has 3 N–H and O–H groups in total. The molecule has 2 aromatic carbocycles. The summed E-state index contributed by atoms with van der Waals surface area (Å²) in [5, 5.41) is 0. The van der Waals surface area contributed by atoms with Gasteiger partial charge in [-0.1, -0.05) is 12.6 Å². The molecular weight excluding hydrogens is 404 g/mol. The van der Waals surface area contributed by atoms with Gasteiger partial charge in [0.15, 0.2) is 0 Å². The van der Waals surface area contributed by atoms with Gasteiger partial charge in [0.1, 0.15) is 5.75 Å². The van der Waals surface area contributed by atoms with Crippen molar-refractivity contribution in [3.63, 3.8) is 0 Å². The molecule has 1 amide bonds. The summed E-state index contributed by atoms with van der Waals surface area (Å²) in [7, 11) is -2.36. The van der Waals surface area contributed by atoms with Gasteiger partial charge in [0.2, 0.25) is 0 Å². The number of sulfonamides is 1. The van der Waals surface area contributed by atoms with Gasteiger partial charge in [0.05, 0.1) is 17.7 Å². The number of nitrogens with one attached hydrogen (secondary N) is 3. The SMILES string of the molecule is C=C(NNC(=O)c1cccc(S(=O)(=O)Nc2ccc(OC)cc2)c1)c1cccnc1. The minimum Gasteiger partial charge on any atom is -0.497 e. The number of benzene rings is 2. The summed E-state index contributed by atoms with van der Waals surface area (Å²) >= 11 is 0. The second-order valence-electron chi connectivity index (χ2n) is 6.16. The molecule has 0 unspecified atom stereocenters. The van der Waals surface area contributed by atoms with Gasteiger partial charge in [-0.25, -0.2) is 8.42 Å². The molecule has 0 spiro atoms. The van der Waals surface area contributed by atoms with Crippen LogP contribution in [0.1, 0.15) is 15.9 Å². The number of anilines is 1. The highest BCUT2D eigenvalue weighted by Crippen LogP contribution is 2.20. The van der Waals surface area contributed by atoms with Gasteiger partial charge >= 0.3 is 0 Å². The average Bonchev–Trinajstić information content (AvgIpc) is 2.78. The van der Waals surface area contributed by atoms with Crippen LogP contribution in [0, 0.1) is 0 Å². The van der Waals surface area contributed by atoms with Crippen molar-refractivity contribution < 1.29 is 17.9 Å². The predicted molar refractivity (Wildman–Crippen MR) is 114 cm³/mol. The van der Waals surface area contributed by atoms with E-state index in [1.165, 1.54) is 31.4 Å². The summed E-state index contributed by atoms with van der Waals surface area (Å²) in [6.07, 6.45) is 3.22. The molecule has 0 radical (unpaired) electrons. The van der Waals surface area contributed by atoms with E-state index in [1.807, 2.05) is 0 Å². The highest BCUT2D eigenvalue weighted by molar-refractivity contribution is 7.92. The monoisotopic (exact) mass is 424 g/mol. The van der Waals surface area contributed by atoms with Crippen molar-refractivity contribution in [2.24, 2.45) is 0 Å². The van der Waals surface area contributed by atoms with Gasteiger partial charge in [-0.2, -0.15) is 0 Å². The fourth-order valence-electron chi connectivity index (χ4n) is 2.50. The molecule has 9 heteroatoms. The van der Waals surface area contributed by atoms with Crippen molar-refractivity contribution >= 4 is 27.3 Å². The molecular formula is C21H20N4O4S. The molecule has 3 aromatic rings. The number of pyridine rings is 1. The van der Waals surface area contributed by atoms with Crippen LogP contribution < -0.4 is 20.3 Å². The Labute approximate surface area is 174 Å². The van der Waals surface area contributed by atoms with Crippen LogP contribution in [0.4, 0.5) is 5.69 Å². The highest BCUT2D eigenvalue weighted by atomic mass is 32.2. The predicted octanol–water partition coefficient (Wildman–Crippen LogP) is 2.80. The standard InChI is InChI=1S/C21H20N4O4S/c1-15(17-6-4-12-22-14-17)23-24-21(26)16-5-3-7-20(13-16)30(27,28)25-18-8-10-19(29-2)11-9-18/h3-14,23,25H,1H2,2H3,(H,24,26). The molecule has 0 aliphatic heterocycles. The molecule has 0 saturated heterocycles. The zero-order valence-electron chi connectivity index (χ0n) is 16.1. The van der Waals surface area contributed by atoms with E-state index in [1.54, 1.807) is 48.8 Å². The fraction of sp³-hybridized carbons (Fsp3) is 0.0476. The number of carbonyl (C=O) groups is 1. The summed E-state index contributed by atoms with van der Waals surface area (Å²) in [6, 6.07) is 15.7. The van der Waals surface area contributed by atoms with Crippen LogP contribution in [0.15, 0.2) is 84.5 Å². The number of carbonyl (C=O) groups excluding carboxylic acids is 1. The van der Waals surface area contributed by atoms with Crippen LogP contribution in [-0.2, 0) is 10.0 Å². The molecule has 0 fully saturated rings. The average molecular weight is 424 g/mol. The van der Waals surface area contributed by atoms with Crippen LogP contribution in [0.2, 0.25) is 0 Å². The Kier molecular flexibility index (Phi) is 6.33. The van der Waals surface area contributed by atoms with Gasteiger partial charge < -0.3 is 4.74 Å². The van der Waals surface area contributed by atoms with Crippen molar-refractivity contribution in [2.45, 2.75) is 4.90 Å². The number of nitrogens with zero attached hydrogens (tertiary/aromatic N) is 1. The van der Waals surface area contributed by atoms with Gasteiger partial charge in [-0.3, -0.25) is 25.4 Å². The van der Waals surface area contributed by atoms with Crippen molar-refractivity contribution in [1.29, 1.82) is 0 Å². The molecule has 0 bridgehead atoms. The lowest BCUT2D eigenvalue weighted by Crippen LogP contribution is -2.36. The Morgan fingerprint density at radius 3 is 2.40 bits per heavy atom. The number of hydrogen-bond donors (Lipinski definition) is 3. The number of aromatic nitrogens is 1. The molecule has 0 aliphatic carbocycles. The van der Waals surface area contributed by atoms with E-state index in [4.69, 9.17) is 4.74 Å². The van der Waals surface area contributed by atoms with E-state index in [2.05, 4.69) is 27.1 Å². The summed E-state index contributed by atoms with van der Waals surface area (Å²) in [5.41, 5.74) is 6.88. The third-order valence-electron chi connectivity index (χ3n) is 4.09. The van der Waals surface area contributed by atoms with Crippen molar-refractivity contribution in [3.05, 3.63) is 90.8 Å². The van der Waals surface area contributed by atoms with Crippen LogP contribution in [-0.4, -0.2) is 26.4 Å². The fourth-order valence-corrected chi connectivity index (χ4v) is 3.60. The topological polar surface area (TPSA) is 109 Å². The lowest BCUT2D eigenvalue weighted by Gasteiger charge is -2.12. The van der Waals surface area contributed by atoms with Crippen molar-refractivity contribution in [3.8, 4) is 5.75 Å². The number of hydrazine groups is 1. The first-order valence-electron chi connectivity index (χ1n) is 8.81. The van der Waals surface area contributed by atoms with E-state index in [9.17, 15) is 13.2 Å². The minimum atomic E-state index is -3.88. The second kappa shape index (κ2) is 9.10. The van der Waals surface area contributed by atoms with Gasteiger partial charge in [-0.05, 0) is 54.6 Å². The van der Waals surface area contributed by atoms with Crippen LogP contribution in [0.25, 0.3) is 5.70 Å². The quantitative estimate of drug-likeness (QED) is 0.480. The maximum absolute atomic E-state index is 12.7. The number of rotatable bonds is 8. The van der Waals surface area contributed by atoms with Crippen LogP contribution in [0.3, 0.4) is 0 Å². The first-order chi connectivity index (χ1) is 14.4. The Morgan fingerprint density at radius 1 is 1.00 bits per heavy atom. The van der Waals surface area contributed by atoms with Gasteiger partial charge in [0, 0.05) is 29.2 Å². The van der Waals surface area contributed by atoms with E-state index in [0.29, 0.717) is 22.7 Å². The Hall–Kier alpha value is -3.85. The molecule has 0 atom stereocenters. The molecule has 1 aromatic heterocycles. The minimum absolute atomic E-state index is 0.0444. The van der Waals surface area contributed by atoms with Crippen LogP contribution >= 0.6 is 0 Å². The zero-order valence-corrected chi connectivity index (χ0v) is 16.9. The third kappa shape index (κ3) is 5.15. The number of ether oxygens (including phenoxy) is 1. The van der Waals surface area contributed by atoms with E-state index >= 15 is 0 Å². The number of hydrogen-bond acceptors (Lipinski definition) is 6. The molecule has 30 heavy (non-hydrogen) atoms. The summed E-state index contributed by atoms with van der Waals surface area (Å²) in [4.78, 5) is 16.4. The number of amides is 1. The summed E-state index contributed by atoms with van der Waals surface area (Å²) < 4.78 is 32.9. The highest BCUT2D eigenvalue weighted by Gasteiger charge is 2.17. The first-order valence-corrected chi connectivity index (χ1v) is 10.3. The maximum Gasteiger partial charge on any atom is 0.269 e. The van der Waals surface area contributed by atoms with Crippen LogP contribution in [0.5, 0.6) is 5.75 Å². The number of methoxy groups -OCH3 is 1. The molecule has 154 valence electrons. The zero-order chi connectivity index (χ0) is 21.6.